The summed E-state index contributed by atoms with van der Waals surface area (Å²) < 4.78 is 14.2. The highest BCUT2D eigenvalue weighted by Gasteiger charge is 2.27. The number of ether oxygens (including phenoxy) is 2. The molecule has 28 heavy (non-hydrogen) atoms. The van der Waals surface area contributed by atoms with Gasteiger partial charge in [0, 0.05) is 26.2 Å². The van der Waals surface area contributed by atoms with Gasteiger partial charge in [0.05, 0.1) is 18.2 Å². The number of aromatic nitrogens is 3. The van der Waals surface area contributed by atoms with Crippen molar-refractivity contribution >= 4 is 17.1 Å². The second-order valence-electron chi connectivity index (χ2n) is 8.29. The van der Waals surface area contributed by atoms with E-state index in [2.05, 4.69) is 21.4 Å². The molecule has 0 saturated heterocycles. The van der Waals surface area contributed by atoms with Gasteiger partial charge in [-0.2, -0.15) is 4.98 Å². The predicted molar refractivity (Wildman–Crippen MR) is 106 cm³/mol. The zero-order chi connectivity index (χ0) is 19.7. The van der Waals surface area contributed by atoms with Crippen molar-refractivity contribution in [3.63, 3.8) is 0 Å². The molecule has 7 heteroatoms. The Labute approximate surface area is 165 Å². The van der Waals surface area contributed by atoms with Crippen LogP contribution in [0, 0.1) is 0 Å². The van der Waals surface area contributed by atoms with Crippen LogP contribution in [0.15, 0.2) is 12.3 Å². The molecule has 0 aromatic carbocycles. The van der Waals surface area contributed by atoms with Crippen LogP contribution in [-0.4, -0.2) is 45.3 Å². The summed E-state index contributed by atoms with van der Waals surface area (Å²) in [7, 11) is 2.00. The Bertz CT molecular complexity index is 838. The SMILES string of the molecule is CC(=O)N[C@@H](C)COC1CCC(Oc2nc3ncc(C4CC4)cc3n2C)CC1. The highest BCUT2D eigenvalue weighted by molar-refractivity contribution is 5.73. The molecule has 2 fully saturated rings. The number of carbonyl (C=O) groups excluding carboxylic acids is 1. The van der Waals surface area contributed by atoms with Crippen molar-refractivity contribution in [3.8, 4) is 6.01 Å². The van der Waals surface area contributed by atoms with E-state index in [1.54, 1.807) is 0 Å². The third kappa shape index (κ3) is 4.46. The van der Waals surface area contributed by atoms with Gasteiger partial charge in [0.1, 0.15) is 6.10 Å². The second kappa shape index (κ2) is 8.07. The van der Waals surface area contributed by atoms with Gasteiger partial charge in [-0.25, -0.2) is 4.98 Å². The molecule has 7 nitrogen and oxygen atoms in total. The van der Waals surface area contributed by atoms with Gasteiger partial charge in [0.2, 0.25) is 5.91 Å². The van der Waals surface area contributed by atoms with Gasteiger partial charge in [-0.1, -0.05) is 0 Å². The Kier molecular flexibility index (Phi) is 5.53. The molecule has 0 unspecified atom stereocenters. The average Bonchev–Trinajstić information content (AvgIpc) is 3.47. The fourth-order valence-corrected chi connectivity index (χ4v) is 3.94. The van der Waals surface area contributed by atoms with Crippen LogP contribution in [0.5, 0.6) is 6.01 Å². The fourth-order valence-electron chi connectivity index (χ4n) is 3.94. The molecule has 0 radical (unpaired) electrons. The Morgan fingerprint density at radius 3 is 2.64 bits per heavy atom. The number of amides is 1. The minimum atomic E-state index is -0.0191. The summed E-state index contributed by atoms with van der Waals surface area (Å²) in [5.74, 6) is 0.661. The van der Waals surface area contributed by atoms with Crippen LogP contribution in [0.25, 0.3) is 11.2 Å². The summed E-state index contributed by atoms with van der Waals surface area (Å²) in [5, 5.41) is 2.85. The number of hydrogen-bond acceptors (Lipinski definition) is 5. The standard InChI is InChI=1S/C21H30N4O3/c1-13(23-14(2)26)12-27-17-6-8-18(9-7-17)28-21-24-20-19(25(21)3)10-16(11-22-20)15-4-5-15/h10-11,13,15,17-18H,4-9,12H2,1-3H3,(H,23,26)/t13-,17?,18?/m0/s1. The first-order valence-electron chi connectivity index (χ1n) is 10.4. The summed E-state index contributed by atoms with van der Waals surface area (Å²) in [6, 6.07) is 2.90. The third-order valence-electron chi connectivity index (χ3n) is 5.69. The third-order valence-corrected chi connectivity index (χ3v) is 5.69. The molecule has 0 spiro atoms. The van der Waals surface area contributed by atoms with Crippen molar-refractivity contribution in [2.75, 3.05) is 6.61 Å². The van der Waals surface area contributed by atoms with Gasteiger partial charge < -0.3 is 14.8 Å². The van der Waals surface area contributed by atoms with E-state index in [-0.39, 0.29) is 24.2 Å². The van der Waals surface area contributed by atoms with Crippen LogP contribution >= 0.6 is 0 Å². The lowest BCUT2D eigenvalue weighted by atomic mass is 9.95. The minimum absolute atomic E-state index is 0.0191. The summed E-state index contributed by atoms with van der Waals surface area (Å²) in [6.07, 6.45) is 8.71. The van der Waals surface area contributed by atoms with Crippen LogP contribution in [0.4, 0.5) is 0 Å². The van der Waals surface area contributed by atoms with Crippen LogP contribution in [0.3, 0.4) is 0 Å². The molecule has 0 aliphatic heterocycles. The van der Waals surface area contributed by atoms with Gasteiger partial charge in [-0.3, -0.25) is 9.36 Å². The van der Waals surface area contributed by atoms with Gasteiger partial charge in [-0.15, -0.1) is 0 Å². The maximum Gasteiger partial charge on any atom is 0.298 e. The summed E-state index contributed by atoms with van der Waals surface area (Å²) in [5.41, 5.74) is 3.11. The second-order valence-corrected chi connectivity index (χ2v) is 8.29. The average molecular weight is 386 g/mol. The number of aryl methyl sites for hydroxylation is 1. The van der Waals surface area contributed by atoms with Crippen molar-refractivity contribution in [2.24, 2.45) is 7.05 Å². The largest absolute Gasteiger partial charge is 0.461 e. The monoisotopic (exact) mass is 386 g/mol. The van der Waals surface area contributed by atoms with E-state index in [9.17, 15) is 4.79 Å². The lowest BCUT2D eigenvalue weighted by molar-refractivity contribution is -0.120. The highest BCUT2D eigenvalue weighted by Crippen LogP contribution is 2.40. The van der Waals surface area contributed by atoms with E-state index >= 15 is 0 Å². The number of fused-ring (bicyclic) bond motifs is 1. The van der Waals surface area contributed by atoms with E-state index in [0.29, 0.717) is 18.5 Å². The molecule has 152 valence electrons. The topological polar surface area (TPSA) is 78.3 Å². The van der Waals surface area contributed by atoms with Crippen LogP contribution in [-0.2, 0) is 16.6 Å². The zero-order valence-electron chi connectivity index (χ0n) is 17.0. The molecule has 2 aromatic heterocycles. The number of rotatable bonds is 7. The van der Waals surface area contributed by atoms with Crippen molar-refractivity contribution in [3.05, 3.63) is 17.8 Å². The molecule has 0 bridgehead atoms. The normalized spacial score (nSPS) is 23.5. The molecule has 2 aromatic rings. The molecule has 1 atom stereocenters. The number of imidazole rings is 1. The smallest absolute Gasteiger partial charge is 0.298 e. The molecular formula is C21H30N4O3. The number of nitrogens with zero attached hydrogens (tertiary/aromatic N) is 3. The lowest BCUT2D eigenvalue weighted by Gasteiger charge is -2.29. The fraction of sp³-hybridized carbons (Fsp3) is 0.667. The summed E-state index contributed by atoms with van der Waals surface area (Å²) in [4.78, 5) is 20.2. The van der Waals surface area contributed by atoms with E-state index in [1.807, 2.05) is 24.7 Å². The molecule has 2 aliphatic rings. The maximum absolute atomic E-state index is 11.1. The van der Waals surface area contributed by atoms with Crippen LogP contribution in [0.1, 0.15) is 63.9 Å². The van der Waals surface area contributed by atoms with Gasteiger partial charge in [0.25, 0.3) is 6.01 Å². The summed E-state index contributed by atoms with van der Waals surface area (Å²) in [6.45, 7) is 4.04. The first-order chi connectivity index (χ1) is 13.5. The van der Waals surface area contributed by atoms with Crippen molar-refractivity contribution in [2.45, 2.75) is 76.5 Å². The van der Waals surface area contributed by atoms with Crippen LogP contribution in [0.2, 0.25) is 0 Å². The molecule has 2 saturated carbocycles. The molecule has 1 N–H and O–H groups in total. The zero-order valence-corrected chi connectivity index (χ0v) is 17.0. The van der Waals surface area contributed by atoms with Crippen molar-refractivity contribution in [1.29, 1.82) is 0 Å². The predicted octanol–water partition coefficient (Wildman–Crippen LogP) is 3.08. The van der Waals surface area contributed by atoms with Crippen molar-refractivity contribution < 1.29 is 14.3 Å². The Morgan fingerprint density at radius 1 is 1.25 bits per heavy atom. The van der Waals surface area contributed by atoms with Crippen molar-refractivity contribution in [1.82, 2.24) is 19.9 Å². The quantitative estimate of drug-likeness (QED) is 0.791. The van der Waals surface area contributed by atoms with E-state index in [4.69, 9.17) is 9.47 Å². The number of pyridine rings is 1. The van der Waals surface area contributed by atoms with E-state index in [0.717, 1.165) is 36.8 Å². The van der Waals surface area contributed by atoms with Crippen LogP contribution < -0.4 is 10.1 Å². The summed E-state index contributed by atoms with van der Waals surface area (Å²) >= 11 is 0. The molecule has 4 rings (SSSR count). The molecule has 1 amide bonds. The Hall–Kier alpha value is -2.15. The maximum atomic E-state index is 11.1. The number of nitrogens with one attached hydrogen (secondary N) is 1. The number of hydrogen-bond donors (Lipinski definition) is 1. The lowest BCUT2D eigenvalue weighted by Crippen LogP contribution is -2.37. The minimum Gasteiger partial charge on any atom is -0.461 e. The Balaban J connectivity index is 1.30. The first kappa shape index (κ1) is 19.2. The highest BCUT2D eigenvalue weighted by atomic mass is 16.5. The van der Waals surface area contributed by atoms with Gasteiger partial charge in [-0.05, 0) is 63.0 Å². The van der Waals surface area contributed by atoms with Gasteiger partial charge >= 0.3 is 0 Å². The molecular weight excluding hydrogens is 356 g/mol. The van der Waals surface area contributed by atoms with E-state index in [1.165, 1.54) is 25.3 Å². The Morgan fingerprint density at radius 2 is 1.96 bits per heavy atom. The first-order valence-corrected chi connectivity index (χ1v) is 10.4. The van der Waals surface area contributed by atoms with Gasteiger partial charge in [0.15, 0.2) is 5.65 Å². The van der Waals surface area contributed by atoms with E-state index < -0.39 is 0 Å². The molecule has 2 heterocycles. The molecule has 2 aliphatic carbocycles. The number of carbonyl (C=O) groups is 1.